The zero-order valence-electron chi connectivity index (χ0n) is 6.66. The van der Waals surface area contributed by atoms with E-state index >= 15 is 0 Å². The molecule has 0 aromatic heterocycles. The minimum atomic E-state index is -0.0371. The van der Waals surface area contributed by atoms with Crippen LogP contribution in [0.1, 0.15) is 13.3 Å². The lowest BCUT2D eigenvalue weighted by Crippen LogP contribution is -2.30. The number of hydrogen-bond acceptors (Lipinski definition) is 5. The van der Waals surface area contributed by atoms with Crippen molar-refractivity contribution >= 4 is 40.2 Å². The maximum atomic E-state index is 10.9. The maximum absolute atomic E-state index is 10.9. The summed E-state index contributed by atoms with van der Waals surface area (Å²) in [5.41, 5.74) is 0. The molecule has 0 aromatic rings. The SMILES string of the molecule is CSCC[C@@H](NSS)C(C)=O. The molecule has 0 radical (unpaired) electrons. The van der Waals surface area contributed by atoms with Crippen molar-refractivity contribution in [3.63, 3.8) is 0 Å². The predicted octanol–water partition coefficient (Wildman–Crippen LogP) is 1.78. The Kier molecular flexibility index (Phi) is 7.79. The first-order chi connectivity index (χ1) is 5.22. The van der Waals surface area contributed by atoms with Gasteiger partial charge in [-0.3, -0.25) is 4.79 Å². The van der Waals surface area contributed by atoms with Gasteiger partial charge in [0.2, 0.25) is 0 Å². The van der Waals surface area contributed by atoms with Crippen LogP contribution in [0.2, 0.25) is 0 Å². The van der Waals surface area contributed by atoms with E-state index in [1.54, 1.807) is 18.7 Å². The molecule has 11 heavy (non-hydrogen) atoms. The number of carbonyl (C=O) groups is 1. The molecule has 0 unspecified atom stereocenters. The van der Waals surface area contributed by atoms with Crippen LogP contribution in [0.15, 0.2) is 0 Å². The van der Waals surface area contributed by atoms with Gasteiger partial charge >= 0.3 is 0 Å². The van der Waals surface area contributed by atoms with Crippen LogP contribution in [0.5, 0.6) is 0 Å². The molecule has 0 heterocycles. The number of ketones is 1. The number of carbonyl (C=O) groups excluding carboxylic acids is 1. The monoisotopic (exact) mass is 211 g/mol. The van der Waals surface area contributed by atoms with Gasteiger partial charge in [-0.15, -0.1) is 0 Å². The molecule has 0 aliphatic rings. The molecular weight excluding hydrogens is 198 g/mol. The van der Waals surface area contributed by atoms with Crippen LogP contribution in [0.4, 0.5) is 0 Å². The second-order valence-electron chi connectivity index (χ2n) is 2.15. The van der Waals surface area contributed by atoms with Gasteiger partial charge in [-0.1, -0.05) is 11.7 Å². The second-order valence-corrected chi connectivity index (χ2v) is 4.11. The smallest absolute Gasteiger partial charge is 0.147 e. The second kappa shape index (κ2) is 7.34. The van der Waals surface area contributed by atoms with E-state index in [9.17, 15) is 4.79 Å². The highest BCUT2D eigenvalue weighted by atomic mass is 33.1. The Labute approximate surface area is 81.2 Å². The summed E-state index contributed by atoms with van der Waals surface area (Å²) in [5.74, 6) is 1.19. The number of hydrogen-bond donors (Lipinski definition) is 2. The van der Waals surface area contributed by atoms with Gasteiger partial charge in [0.05, 0.1) is 6.04 Å². The molecule has 0 amide bonds. The molecule has 66 valence electrons. The molecule has 1 N–H and O–H groups in total. The average molecular weight is 211 g/mol. The third kappa shape index (κ3) is 5.90. The normalized spacial score (nSPS) is 13.0. The van der Waals surface area contributed by atoms with Crippen molar-refractivity contribution in [2.24, 2.45) is 0 Å². The van der Waals surface area contributed by atoms with Gasteiger partial charge in [-0.25, -0.2) is 4.72 Å². The first-order valence-corrected chi connectivity index (χ1v) is 6.54. The quantitative estimate of drug-likeness (QED) is 0.398. The van der Waals surface area contributed by atoms with Gasteiger partial charge in [-0.05, 0) is 36.3 Å². The van der Waals surface area contributed by atoms with Gasteiger partial charge in [0, 0.05) is 0 Å². The third-order valence-corrected chi connectivity index (χ3v) is 2.65. The van der Waals surface area contributed by atoms with E-state index < -0.39 is 0 Å². The van der Waals surface area contributed by atoms with E-state index in [2.05, 4.69) is 16.4 Å². The summed E-state index contributed by atoms with van der Waals surface area (Å²) in [7, 11) is 1.20. The summed E-state index contributed by atoms with van der Waals surface area (Å²) < 4.78 is 2.93. The van der Waals surface area contributed by atoms with Crippen molar-refractivity contribution in [3.8, 4) is 0 Å². The summed E-state index contributed by atoms with van der Waals surface area (Å²) in [6.07, 6.45) is 2.91. The van der Waals surface area contributed by atoms with Crippen molar-refractivity contribution in [2.75, 3.05) is 12.0 Å². The van der Waals surface area contributed by atoms with Crippen molar-refractivity contribution in [3.05, 3.63) is 0 Å². The highest BCUT2D eigenvalue weighted by Gasteiger charge is 2.11. The molecule has 0 rings (SSSR count). The summed E-state index contributed by atoms with van der Waals surface area (Å²) in [6, 6.07) is -0.0371. The molecule has 0 aliphatic carbocycles. The van der Waals surface area contributed by atoms with Crippen molar-refractivity contribution in [1.29, 1.82) is 0 Å². The number of nitrogens with one attached hydrogen (secondary N) is 1. The minimum Gasteiger partial charge on any atom is -0.298 e. The Bertz CT molecular complexity index is 120. The molecule has 0 saturated heterocycles. The van der Waals surface area contributed by atoms with Crippen LogP contribution in [0.3, 0.4) is 0 Å². The van der Waals surface area contributed by atoms with Gasteiger partial charge in [0.1, 0.15) is 5.78 Å². The van der Waals surface area contributed by atoms with Crippen LogP contribution in [-0.2, 0) is 4.79 Å². The zero-order chi connectivity index (χ0) is 8.69. The molecule has 2 nitrogen and oxygen atoms in total. The Hall–Kier alpha value is 0.680. The standard InChI is InChI=1S/C6H13NOS3/c1-5(8)6(7-11-9)3-4-10-2/h6-7,9H,3-4H2,1-2H3/t6-/m1/s1. The first kappa shape index (κ1) is 11.7. The molecule has 0 spiro atoms. The third-order valence-electron chi connectivity index (χ3n) is 1.30. The highest BCUT2D eigenvalue weighted by molar-refractivity contribution is 8.67. The Morgan fingerprint density at radius 2 is 2.36 bits per heavy atom. The van der Waals surface area contributed by atoms with E-state index in [1.807, 2.05) is 6.26 Å². The van der Waals surface area contributed by atoms with Gasteiger partial charge in [-0.2, -0.15) is 11.8 Å². The highest BCUT2D eigenvalue weighted by Crippen LogP contribution is 2.07. The van der Waals surface area contributed by atoms with Crippen molar-refractivity contribution in [2.45, 2.75) is 19.4 Å². The summed E-state index contributed by atoms with van der Waals surface area (Å²) in [5, 5.41) is 0. The van der Waals surface area contributed by atoms with Crippen LogP contribution in [0, 0.1) is 0 Å². The lowest BCUT2D eigenvalue weighted by atomic mass is 10.2. The van der Waals surface area contributed by atoms with E-state index in [4.69, 9.17) is 0 Å². The summed E-state index contributed by atoms with van der Waals surface area (Å²) in [6.45, 7) is 1.60. The molecule has 0 aromatic carbocycles. The van der Waals surface area contributed by atoms with Crippen LogP contribution >= 0.6 is 34.4 Å². The van der Waals surface area contributed by atoms with Crippen LogP contribution in [0.25, 0.3) is 0 Å². The first-order valence-electron chi connectivity index (χ1n) is 3.27. The molecule has 0 bridgehead atoms. The molecular formula is C6H13NOS3. The summed E-state index contributed by atoms with van der Waals surface area (Å²) >= 11 is 5.67. The fraction of sp³-hybridized carbons (Fsp3) is 0.833. The average Bonchev–Trinajstić information content (AvgIpc) is 1.97. The minimum absolute atomic E-state index is 0.0371. The van der Waals surface area contributed by atoms with Gasteiger partial charge in [0.25, 0.3) is 0 Å². The van der Waals surface area contributed by atoms with Crippen molar-refractivity contribution in [1.82, 2.24) is 4.72 Å². The fourth-order valence-corrected chi connectivity index (χ4v) is 1.91. The van der Waals surface area contributed by atoms with Crippen LogP contribution in [-0.4, -0.2) is 23.8 Å². The zero-order valence-corrected chi connectivity index (χ0v) is 9.19. The van der Waals surface area contributed by atoms with E-state index in [-0.39, 0.29) is 11.8 Å². The number of thiol groups is 1. The molecule has 0 fully saturated rings. The number of Topliss-reactive ketones (excluding diaryl/α,β-unsaturated/α-hetero) is 1. The van der Waals surface area contributed by atoms with Gasteiger partial charge in [0.15, 0.2) is 0 Å². The van der Waals surface area contributed by atoms with E-state index in [0.717, 1.165) is 12.2 Å². The predicted molar refractivity (Wildman–Crippen MR) is 57.2 cm³/mol. The van der Waals surface area contributed by atoms with E-state index in [0.29, 0.717) is 0 Å². The maximum Gasteiger partial charge on any atom is 0.147 e. The Morgan fingerprint density at radius 1 is 1.73 bits per heavy atom. The van der Waals surface area contributed by atoms with Crippen molar-refractivity contribution < 1.29 is 4.79 Å². The molecule has 0 aliphatic heterocycles. The largest absolute Gasteiger partial charge is 0.298 e. The lowest BCUT2D eigenvalue weighted by Gasteiger charge is -2.11. The van der Waals surface area contributed by atoms with Crippen LogP contribution < -0.4 is 4.72 Å². The Balaban J connectivity index is 3.60. The Morgan fingerprint density at radius 3 is 2.73 bits per heavy atom. The molecule has 5 heteroatoms. The molecule has 1 atom stereocenters. The van der Waals surface area contributed by atoms with E-state index in [1.165, 1.54) is 11.0 Å². The lowest BCUT2D eigenvalue weighted by molar-refractivity contribution is -0.118. The summed E-state index contributed by atoms with van der Waals surface area (Å²) in [4.78, 5) is 10.9. The molecule has 0 saturated carbocycles. The number of thioether (sulfide) groups is 1. The topological polar surface area (TPSA) is 29.1 Å². The fourth-order valence-electron chi connectivity index (χ4n) is 0.644. The number of rotatable bonds is 6. The van der Waals surface area contributed by atoms with Gasteiger partial charge < -0.3 is 0 Å².